The number of likely N-dealkylation sites (N-methyl/N-ethyl adjacent to an activating group) is 1. The van der Waals surface area contributed by atoms with E-state index in [1.807, 2.05) is 11.3 Å². The summed E-state index contributed by atoms with van der Waals surface area (Å²) in [5.41, 5.74) is 0. The Hall–Kier alpha value is -1.19. The molecule has 8 heteroatoms. The summed E-state index contributed by atoms with van der Waals surface area (Å²) in [6.45, 7) is 14.3. The van der Waals surface area contributed by atoms with Crippen molar-refractivity contribution in [2.75, 3.05) is 85.7 Å². The van der Waals surface area contributed by atoms with Crippen molar-refractivity contribution in [3.8, 4) is 0 Å². The number of aliphatic imine (C=N–C) groups is 1. The highest BCUT2D eigenvalue weighted by Crippen LogP contribution is 2.26. The van der Waals surface area contributed by atoms with E-state index in [1.165, 1.54) is 37.5 Å². The third kappa shape index (κ3) is 7.81. The fourth-order valence-corrected chi connectivity index (χ4v) is 4.96. The van der Waals surface area contributed by atoms with Gasteiger partial charge in [-0.1, -0.05) is 6.07 Å². The normalized spacial score (nSPS) is 21.3. The van der Waals surface area contributed by atoms with Gasteiger partial charge in [-0.3, -0.25) is 9.89 Å². The second-order valence-corrected chi connectivity index (χ2v) is 9.16. The van der Waals surface area contributed by atoms with Crippen molar-refractivity contribution in [3.05, 3.63) is 22.4 Å². The van der Waals surface area contributed by atoms with Crippen LogP contribution in [-0.2, 0) is 4.74 Å². The van der Waals surface area contributed by atoms with Crippen LogP contribution in [0.2, 0.25) is 0 Å². The van der Waals surface area contributed by atoms with Crippen LogP contribution < -0.4 is 10.6 Å². The molecule has 170 valence electrons. The van der Waals surface area contributed by atoms with Crippen LogP contribution in [0.3, 0.4) is 0 Å². The summed E-state index contributed by atoms with van der Waals surface area (Å²) in [6.07, 6.45) is 2.42. The van der Waals surface area contributed by atoms with Gasteiger partial charge in [0.25, 0.3) is 0 Å². The van der Waals surface area contributed by atoms with Gasteiger partial charge in [0, 0.05) is 44.1 Å². The number of ether oxygens (including phenoxy) is 1. The molecule has 30 heavy (non-hydrogen) atoms. The largest absolute Gasteiger partial charge is 0.379 e. The highest BCUT2D eigenvalue weighted by Gasteiger charge is 2.23. The maximum Gasteiger partial charge on any atom is 0.191 e. The number of nitrogens with zero attached hydrogens (tertiary/aromatic N) is 4. The molecule has 1 unspecified atom stereocenters. The van der Waals surface area contributed by atoms with Gasteiger partial charge in [-0.25, -0.2) is 0 Å². The number of morpholine rings is 1. The first kappa shape index (κ1) is 23.5. The number of guanidine groups is 1. The van der Waals surface area contributed by atoms with E-state index in [0.717, 1.165) is 64.9 Å². The van der Waals surface area contributed by atoms with E-state index in [9.17, 15) is 0 Å². The molecule has 2 aliphatic rings. The number of thiophene rings is 1. The second-order valence-electron chi connectivity index (χ2n) is 8.18. The fourth-order valence-electron chi connectivity index (χ4n) is 4.11. The lowest BCUT2D eigenvalue weighted by atomic mass is 10.2. The molecule has 0 aromatic carbocycles. The monoisotopic (exact) mass is 436 g/mol. The van der Waals surface area contributed by atoms with Crippen molar-refractivity contribution in [2.45, 2.75) is 25.8 Å². The number of nitrogens with one attached hydrogen (secondary N) is 2. The average Bonchev–Trinajstić information content (AvgIpc) is 3.21. The van der Waals surface area contributed by atoms with Crippen molar-refractivity contribution in [1.82, 2.24) is 25.3 Å². The molecule has 0 spiro atoms. The summed E-state index contributed by atoms with van der Waals surface area (Å²) >= 11 is 1.83. The van der Waals surface area contributed by atoms with E-state index in [4.69, 9.17) is 9.73 Å². The topological polar surface area (TPSA) is 55.4 Å². The van der Waals surface area contributed by atoms with Crippen molar-refractivity contribution in [2.24, 2.45) is 4.99 Å². The molecule has 1 atom stereocenters. The molecule has 1 aromatic heterocycles. The molecule has 0 saturated carbocycles. The third-order valence-corrected chi connectivity index (χ3v) is 6.85. The van der Waals surface area contributed by atoms with Gasteiger partial charge in [0.1, 0.15) is 0 Å². The number of hydrogen-bond acceptors (Lipinski definition) is 6. The maximum atomic E-state index is 5.56. The summed E-state index contributed by atoms with van der Waals surface area (Å²) < 4.78 is 5.56. The Morgan fingerprint density at radius 3 is 2.80 bits per heavy atom. The minimum Gasteiger partial charge on any atom is -0.379 e. The molecule has 7 nitrogen and oxygen atoms in total. The molecule has 2 N–H and O–H groups in total. The first-order chi connectivity index (χ1) is 14.8. The van der Waals surface area contributed by atoms with Crippen LogP contribution in [0.1, 0.15) is 30.7 Å². The Bertz CT molecular complexity index is 605. The van der Waals surface area contributed by atoms with Crippen molar-refractivity contribution < 1.29 is 4.74 Å². The van der Waals surface area contributed by atoms with Gasteiger partial charge in [-0.05, 0) is 57.9 Å². The van der Waals surface area contributed by atoms with Gasteiger partial charge in [-0.2, -0.15) is 0 Å². The second kappa shape index (κ2) is 13.3. The summed E-state index contributed by atoms with van der Waals surface area (Å²) in [6, 6.07) is 4.71. The lowest BCUT2D eigenvalue weighted by molar-refractivity contribution is 0.0186. The zero-order valence-electron chi connectivity index (χ0n) is 18.8. The molecule has 3 rings (SSSR count). The quantitative estimate of drug-likeness (QED) is 0.349. The number of rotatable bonds is 9. The van der Waals surface area contributed by atoms with Crippen LogP contribution in [0.4, 0.5) is 0 Å². The summed E-state index contributed by atoms with van der Waals surface area (Å²) in [5.74, 6) is 0.933. The Kier molecular flexibility index (Phi) is 10.4. The smallest absolute Gasteiger partial charge is 0.191 e. The van der Waals surface area contributed by atoms with E-state index >= 15 is 0 Å². The Morgan fingerprint density at radius 2 is 2.03 bits per heavy atom. The first-order valence-electron chi connectivity index (χ1n) is 11.5. The maximum absolute atomic E-state index is 5.56. The zero-order valence-corrected chi connectivity index (χ0v) is 19.6. The van der Waals surface area contributed by atoms with Gasteiger partial charge in [-0.15, -0.1) is 11.3 Å². The van der Waals surface area contributed by atoms with Gasteiger partial charge in [0.2, 0.25) is 0 Å². The van der Waals surface area contributed by atoms with E-state index in [1.54, 1.807) is 0 Å². The van der Waals surface area contributed by atoms with Crippen LogP contribution in [0.15, 0.2) is 22.5 Å². The predicted molar refractivity (Wildman–Crippen MR) is 127 cm³/mol. The molecule has 2 saturated heterocycles. The molecule has 0 radical (unpaired) electrons. The molecule has 0 amide bonds. The Labute approximate surface area is 186 Å². The van der Waals surface area contributed by atoms with Crippen molar-refractivity contribution >= 4 is 17.3 Å². The molecule has 0 aliphatic carbocycles. The van der Waals surface area contributed by atoms with Gasteiger partial charge >= 0.3 is 0 Å². The van der Waals surface area contributed by atoms with E-state index in [-0.39, 0.29) is 0 Å². The van der Waals surface area contributed by atoms with E-state index in [0.29, 0.717) is 6.04 Å². The molecular formula is C22H40N6OS. The standard InChI is InChI=1S/C22H40N6OS/c1-3-23-22(24-8-5-10-27-11-6-9-26(2)12-13-27)25-19-20(21-7-4-18-30-21)28-14-16-29-17-15-28/h4,7,18,20H,3,5-6,8-17,19H2,1-2H3,(H2,23,24,25). The Morgan fingerprint density at radius 1 is 1.17 bits per heavy atom. The Balaban J connectivity index is 1.48. The lowest BCUT2D eigenvalue weighted by Crippen LogP contribution is -2.42. The first-order valence-corrected chi connectivity index (χ1v) is 12.4. The lowest BCUT2D eigenvalue weighted by Gasteiger charge is -2.33. The van der Waals surface area contributed by atoms with Crippen LogP contribution in [0, 0.1) is 0 Å². The van der Waals surface area contributed by atoms with E-state index < -0.39 is 0 Å². The average molecular weight is 437 g/mol. The van der Waals surface area contributed by atoms with Crippen LogP contribution >= 0.6 is 11.3 Å². The summed E-state index contributed by atoms with van der Waals surface area (Å²) in [7, 11) is 2.23. The molecular weight excluding hydrogens is 396 g/mol. The van der Waals surface area contributed by atoms with Crippen LogP contribution in [0.5, 0.6) is 0 Å². The number of hydrogen-bond donors (Lipinski definition) is 2. The molecule has 2 aliphatic heterocycles. The SMILES string of the molecule is CCNC(=NCC(c1cccs1)N1CCOCC1)NCCCN1CCCN(C)CC1. The van der Waals surface area contributed by atoms with E-state index in [2.05, 4.69) is 56.8 Å². The van der Waals surface area contributed by atoms with Gasteiger partial charge in [0.15, 0.2) is 5.96 Å². The highest BCUT2D eigenvalue weighted by atomic mass is 32.1. The summed E-state index contributed by atoms with van der Waals surface area (Å²) in [5, 5.41) is 9.13. The predicted octanol–water partition coefficient (Wildman–Crippen LogP) is 1.70. The molecule has 2 fully saturated rings. The van der Waals surface area contributed by atoms with Crippen molar-refractivity contribution in [3.63, 3.8) is 0 Å². The van der Waals surface area contributed by atoms with Gasteiger partial charge in [0.05, 0.1) is 25.8 Å². The third-order valence-electron chi connectivity index (χ3n) is 5.88. The highest BCUT2D eigenvalue weighted by molar-refractivity contribution is 7.10. The molecule has 0 bridgehead atoms. The van der Waals surface area contributed by atoms with Crippen LogP contribution in [-0.4, -0.2) is 106 Å². The molecule has 3 heterocycles. The fraction of sp³-hybridized carbons (Fsp3) is 0.773. The van der Waals surface area contributed by atoms with Crippen LogP contribution in [0.25, 0.3) is 0 Å². The minimum atomic E-state index is 0.332. The minimum absolute atomic E-state index is 0.332. The van der Waals surface area contributed by atoms with Gasteiger partial charge < -0.3 is 25.2 Å². The summed E-state index contributed by atoms with van der Waals surface area (Å²) in [4.78, 5) is 13.9. The molecule has 1 aromatic rings. The zero-order chi connectivity index (χ0) is 21.0. The van der Waals surface area contributed by atoms with Crippen molar-refractivity contribution in [1.29, 1.82) is 0 Å².